The van der Waals surface area contributed by atoms with Gasteiger partial charge in [-0.3, -0.25) is 4.79 Å². The van der Waals surface area contributed by atoms with E-state index in [-0.39, 0.29) is 29.4 Å². The van der Waals surface area contributed by atoms with E-state index in [1.165, 1.54) is 0 Å². The fraction of sp³-hybridized carbons (Fsp3) is 0.588. The van der Waals surface area contributed by atoms with Crippen molar-refractivity contribution in [2.75, 3.05) is 18.1 Å². The molecule has 1 amide bonds. The molecule has 1 atom stereocenters. The number of rotatable bonds is 4. The number of hydrogen-bond acceptors (Lipinski definition) is 4. The number of amides is 1. The fourth-order valence-electron chi connectivity index (χ4n) is 2.68. The topological polar surface area (TPSA) is 72.5 Å². The van der Waals surface area contributed by atoms with E-state index in [2.05, 4.69) is 26.1 Å². The number of sulfone groups is 1. The van der Waals surface area contributed by atoms with E-state index in [0.29, 0.717) is 12.2 Å². The van der Waals surface area contributed by atoms with E-state index in [1.54, 1.807) is 6.92 Å². The van der Waals surface area contributed by atoms with Crippen molar-refractivity contribution < 1.29 is 17.9 Å². The first-order valence-electron chi connectivity index (χ1n) is 7.74. The molecular weight excluding hydrogens is 314 g/mol. The maximum absolute atomic E-state index is 12.0. The molecule has 2 rings (SSSR count). The standard InChI is InChI=1S/C17H25NO4S/c1-16(2,3)13-6-5-7-14(10-13)22-11-15(19)18-17(4)8-9-23(20,21)12-17/h5-7,10H,8-9,11-12H2,1-4H3,(H,18,19). The summed E-state index contributed by atoms with van der Waals surface area (Å²) in [6, 6.07) is 7.66. The van der Waals surface area contributed by atoms with Crippen LogP contribution >= 0.6 is 0 Å². The third kappa shape index (κ3) is 4.96. The van der Waals surface area contributed by atoms with Crippen LogP contribution in [0.2, 0.25) is 0 Å². The highest BCUT2D eigenvalue weighted by Crippen LogP contribution is 2.26. The minimum atomic E-state index is -3.04. The summed E-state index contributed by atoms with van der Waals surface area (Å²) >= 11 is 0. The molecule has 0 radical (unpaired) electrons. The molecule has 0 aliphatic carbocycles. The SMILES string of the molecule is CC1(NC(=O)COc2cccc(C(C)(C)C)c2)CCS(=O)(=O)C1. The molecule has 1 unspecified atom stereocenters. The van der Waals surface area contributed by atoms with Crippen LogP contribution in [-0.4, -0.2) is 38.0 Å². The zero-order valence-corrected chi connectivity index (χ0v) is 15.0. The van der Waals surface area contributed by atoms with Crippen molar-refractivity contribution in [1.82, 2.24) is 5.32 Å². The monoisotopic (exact) mass is 339 g/mol. The Labute approximate surface area is 138 Å². The summed E-state index contributed by atoms with van der Waals surface area (Å²) in [4.78, 5) is 12.0. The first-order valence-corrected chi connectivity index (χ1v) is 9.56. The lowest BCUT2D eigenvalue weighted by Crippen LogP contribution is -2.48. The van der Waals surface area contributed by atoms with Gasteiger partial charge in [0, 0.05) is 0 Å². The van der Waals surface area contributed by atoms with E-state index in [0.717, 1.165) is 5.56 Å². The first-order chi connectivity index (χ1) is 10.5. The van der Waals surface area contributed by atoms with Crippen LogP contribution < -0.4 is 10.1 Å². The predicted molar refractivity (Wildman–Crippen MR) is 90.5 cm³/mol. The van der Waals surface area contributed by atoms with E-state index in [4.69, 9.17) is 4.74 Å². The molecule has 1 aromatic carbocycles. The van der Waals surface area contributed by atoms with Crippen LogP contribution in [0, 0.1) is 0 Å². The van der Waals surface area contributed by atoms with Crippen molar-refractivity contribution in [2.24, 2.45) is 0 Å². The molecule has 1 N–H and O–H groups in total. The second-order valence-electron chi connectivity index (χ2n) is 7.52. The van der Waals surface area contributed by atoms with E-state index >= 15 is 0 Å². The van der Waals surface area contributed by atoms with Gasteiger partial charge in [-0.05, 0) is 36.5 Å². The van der Waals surface area contributed by atoms with Crippen molar-refractivity contribution in [1.29, 1.82) is 0 Å². The van der Waals surface area contributed by atoms with Crippen LogP contribution in [0.5, 0.6) is 5.75 Å². The third-order valence-electron chi connectivity index (χ3n) is 4.01. The lowest BCUT2D eigenvalue weighted by Gasteiger charge is -2.24. The lowest BCUT2D eigenvalue weighted by atomic mass is 9.87. The summed E-state index contributed by atoms with van der Waals surface area (Å²) in [5.74, 6) is 0.450. The van der Waals surface area contributed by atoms with Gasteiger partial charge in [0.05, 0.1) is 17.0 Å². The fourth-order valence-corrected chi connectivity index (χ4v) is 4.78. The van der Waals surface area contributed by atoms with Crippen molar-refractivity contribution in [2.45, 2.75) is 45.1 Å². The Morgan fingerprint density at radius 1 is 1.35 bits per heavy atom. The van der Waals surface area contributed by atoms with Gasteiger partial charge in [-0.25, -0.2) is 8.42 Å². The predicted octanol–water partition coefficient (Wildman–Crippen LogP) is 2.06. The average Bonchev–Trinajstić information content (AvgIpc) is 2.69. The summed E-state index contributed by atoms with van der Waals surface area (Å²) in [6.07, 6.45) is 0.445. The molecule has 1 aromatic rings. The normalized spacial score (nSPS) is 23.5. The van der Waals surface area contributed by atoms with Crippen molar-refractivity contribution in [3.8, 4) is 5.75 Å². The molecule has 6 heteroatoms. The molecule has 0 bridgehead atoms. The number of ether oxygens (including phenoxy) is 1. The molecule has 1 fully saturated rings. The smallest absolute Gasteiger partial charge is 0.258 e. The number of hydrogen-bond donors (Lipinski definition) is 1. The quantitative estimate of drug-likeness (QED) is 0.911. The van der Waals surface area contributed by atoms with E-state index in [1.807, 2.05) is 24.3 Å². The molecule has 1 aliphatic heterocycles. The zero-order chi connectivity index (χ0) is 17.3. The zero-order valence-electron chi connectivity index (χ0n) is 14.2. The molecule has 5 nitrogen and oxygen atoms in total. The summed E-state index contributed by atoms with van der Waals surface area (Å²) in [6.45, 7) is 7.97. The molecule has 0 saturated carbocycles. The van der Waals surface area contributed by atoms with E-state index in [9.17, 15) is 13.2 Å². The largest absolute Gasteiger partial charge is 0.484 e. The summed E-state index contributed by atoms with van der Waals surface area (Å²) in [7, 11) is -3.04. The highest BCUT2D eigenvalue weighted by atomic mass is 32.2. The van der Waals surface area contributed by atoms with Gasteiger partial charge in [0.15, 0.2) is 16.4 Å². The van der Waals surface area contributed by atoms with Crippen molar-refractivity contribution in [3.63, 3.8) is 0 Å². The van der Waals surface area contributed by atoms with Crippen LogP contribution in [-0.2, 0) is 20.0 Å². The number of carbonyl (C=O) groups excluding carboxylic acids is 1. The molecule has 128 valence electrons. The van der Waals surface area contributed by atoms with Gasteiger partial charge in [-0.15, -0.1) is 0 Å². The minimum Gasteiger partial charge on any atom is -0.484 e. The maximum atomic E-state index is 12.0. The van der Waals surface area contributed by atoms with Crippen LogP contribution in [0.25, 0.3) is 0 Å². The summed E-state index contributed by atoms with van der Waals surface area (Å²) in [5.41, 5.74) is 0.448. The molecule has 0 aromatic heterocycles. The van der Waals surface area contributed by atoms with Crippen LogP contribution in [0.1, 0.15) is 39.7 Å². The summed E-state index contributed by atoms with van der Waals surface area (Å²) < 4.78 is 28.7. The Morgan fingerprint density at radius 2 is 2.04 bits per heavy atom. The molecule has 1 heterocycles. The van der Waals surface area contributed by atoms with Gasteiger partial charge in [0.25, 0.3) is 5.91 Å². The Hall–Kier alpha value is -1.56. The Kier molecular flexibility index (Phi) is 4.76. The molecule has 1 saturated heterocycles. The minimum absolute atomic E-state index is 0.00725. The van der Waals surface area contributed by atoms with Gasteiger partial charge in [-0.2, -0.15) is 0 Å². The highest BCUT2D eigenvalue weighted by Gasteiger charge is 2.39. The maximum Gasteiger partial charge on any atom is 0.258 e. The third-order valence-corrected chi connectivity index (χ3v) is 5.92. The van der Waals surface area contributed by atoms with Crippen molar-refractivity contribution in [3.05, 3.63) is 29.8 Å². The number of carbonyl (C=O) groups is 1. The van der Waals surface area contributed by atoms with Crippen molar-refractivity contribution >= 4 is 15.7 Å². The van der Waals surface area contributed by atoms with Gasteiger partial charge in [0.1, 0.15) is 5.75 Å². The highest BCUT2D eigenvalue weighted by molar-refractivity contribution is 7.91. The van der Waals surface area contributed by atoms with Crippen LogP contribution in [0.3, 0.4) is 0 Å². The Balaban J connectivity index is 1.93. The first kappa shape index (κ1) is 17.8. The lowest BCUT2D eigenvalue weighted by molar-refractivity contribution is -0.124. The molecule has 23 heavy (non-hydrogen) atoms. The van der Waals surface area contributed by atoms with Crippen LogP contribution in [0.4, 0.5) is 0 Å². The molecular formula is C17H25NO4S. The second kappa shape index (κ2) is 6.15. The number of nitrogens with one attached hydrogen (secondary N) is 1. The van der Waals surface area contributed by atoms with Gasteiger partial charge >= 0.3 is 0 Å². The second-order valence-corrected chi connectivity index (χ2v) is 9.70. The summed E-state index contributed by atoms with van der Waals surface area (Å²) in [5, 5.41) is 2.78. The van der Waals surface area contributed by atoms with Crippen LogP contribution in [0.15, 0.2) is 24.3 Å². The van der Waals surface area contributed by atoms with Gasteiger partial charge < -0.3 is 10.1 Å². The van der Waals surface area contributed by atoms with Gasteiger partial charge in [0.2, 0.25) is 0 Å². The molecule has 0 spiro atoms. The average molecular weight is 339 g/mol. The Bertz CT molecular complexity index is 691. The van der Waals surface area contributed by atoms with E-state index < -0.39 is 15.4 Å². The Morgan fingerprint density at radius 3 is 2.61 bits per heavy atom. The van der Waals surface area contributed by atoms with Gasteiger partial charge in [-0.1, -0.05) is 32.9 Å². The number of benzene rings is 1. The molecule has 1 aliphatic rings.